The monoisotopic (exact) mass is 480 g/mol. The predicted octanol–water partition coefficient (Wildman–Crippen LogP) is 5.64. The molecule has 1 aromatic heterocycles. The van der Waals surface area contributed by atoms with Crippen LogP contribution in [-0.2, 0) is 16.1 Å². The second kappa shape index (κ2) is 10.2. The molecule has 3 unspecified atom stereocenters. The van der Waals surface area contributed by atoms with Crippen molar-refractivity contribution in [3.05, 3.63) is 59.4 Å². The molecule has 2 heterocycles. The first kappa shape index (κ1) is 24.3. The van der Waals surface area contributed by atoms with Gasteiger partial charge in [-0.05, 0) is 57.0 Å². The van der Waals surface area contributed by atoms with Crippen LogP contribution in [0.2, 0.25) is 5.02 Å². The fourth-order valence-corrected chi connectivity index (χ4v) is 5.07. The Kier molecular flexibility index (Phi) is 7.27. The third-order valence-corrected chi connectivity index (χ3v) is 7.24. The van der Waals surface area contributed by atoms with Crippen molar-refractivity contribution < 1.29 is 9.59 Å². The van der Waals surface area contributed by atoms with Gasteiger partial charge in [0.05, 0.1) is 11.0 Å². The second-order valence-corrected chi connectivity index (χ2v) is 9.68. The second-order valence-electron chi connectivity index (χ2n) is 9.25. The molecule has 2 aromatic carbocycles. The van der Waals surface area contributed by atoms with Crippen LogP contribution in [0.1, 0.15) is 58.7 Å². The molecule has 0 bridgehead atoms. The predicted molar refractivity (Wildman–Crippen MR) is 137 cm³/mol. The third-order valence-electron chi connectivity index (χ3n) is 7.01. The van der Waals surface area contributed by atoms with Crippen molar-refractivity contribution in [3.63, 3.8) is 0 Å². The molecule has 4 rings (SSSR count). The van der Waals surface area contributed by atoms with Gasteiger partial charge in [-0.1, -0.05) is 43.6 Å². The number of benzene rings is 2. The summed E-state index contributed by atoms with van der Waals surface area (Å²) in [5, 5.41) is 0.599. The van der Waals surface area contributed by atoms with E-state index < -0.39 is 0 Å². The Bertz CT molecular complexity index is 1180. The van der Waals surface area contributed by atoms with Crippen molar-refractivity contribution in [1.29, 1.82) is 0 Å². The van der Waals surface area contributed by atoms with E-state index in [0.29, 0.717) is 18.0 Å². The van der Waals surface area contributed by atoms with Crippen LogP contribution < -0.4 is 4.90 Å². The number of amides is 2. The molecule has 0 spiro atoms. The minimum atomic E-state index is -0.104. The van der Waals surface area contributed by atoms with Crippen LogP contribution in [0, 0.1) is 0 Å². The van der Waals surface area contributed by atoms with E-state index in [9.17, 15) is 9.59 Å². The van der Waals surface area contributed by atoms with Crippen molar-refractivity contribution in [2.75, 3.05) is 11.4 Å². The maximum Gasteiger partial charge on any atom is 0.243 e. The van der Waals surface area contributed by atoms with Crippen LogP contribution in [0.15, 0.2) is 48.5 Å². The number of carbonyl (C=O) groups is 2. The fraction of sp³-hybridized carbons (Fsp3) is 0.444. The summed E-state index contributed by atoms with van der Waals surface area (Å²) >= 11 is 6.17. The smallest absolute Gasteiger partial charge is 0.243 e. The molecule has 0 N–H and O–H groups in total. The van der Waals surface area contributed by atoms with E-state index in [2.05, 4.69) is 27.7 Å². The zero-order valence-corrected chi connectivity index (χ0v) is 21.1. The number of imidazole rings is 1. The van der Waals surface area contributed by atoms with Crippen molar-refractivity contribution in [2.45, 2.75) is 71.5 Å². The van der Waals surface area contributed by atoms with Crippen LogP contribution >= 0.6 is 11.6 Å². The van der Waals surface area contributed by atoms with Gasteiger partial charge in [-0.2, -0.15) is 0 Å². The van der Waals surface area contributed by atoms with Gasteiger partial charge in [0, 0.05) is 41.7 Å². The van der Waals surface area contributed by atoms with Gasteiger partial charge < -0.3 is 14.4 Å². The third kappa shape index (κ3) is 4.69. The number of hydrogen-bond acceptors (Lipinski definition) is 3. The molecular weight excluding hydrogens is 448 g/mol. The molecule has 1 aliphatic heterocycles. The summed E-state index contributed by atoms with van der Waals surface area (Å²) in [6.07, 6.45) is 2.16. The molecule has 1 fully saturated rings. The van der Waals surface area contributed by atoms with E-state index in [1.54, 1.807) is 11.0 Å². The number of para-hydroxylation sites is 2. The van der Waals surface area contributed by atoms with Crippen LogP contribution in [0.25, 0.3) is 11.0 Å². The largest absolute Gasteiger partial charge is 0.336 e. The highest BCUT2D eigenvalue weighted by atomic mass is 35.5. The molecule has 0 saturated carbocycles. The first-order valence-corrected chi connectivity index (χ1v) is 12.5. The zero-order valence-electron chi connectivity index (χ0n) is 20.4. The Hall–Kier alpha value is -2.86. The van der Waals surface area contributed by atoms with Gasteiger partial charge >= 0.3 is 0 Å². The van der Waals surface area contributed by atoms with Gasteiger partial charge in [0.15, 0.2) is 0 Å². The Balaban J connectivity index is 1.68. The lowest BCUT2D eigenvalue weighted by Gasteiger charge is -2.34. The lowest BCUT2D eigenvalue weighted by atomic mass is 10.1. The summed E-state index contributed by atoms with van der Waals surface area (Å²) in [5.41, 5.74) is 2.56. The van der Waals surface area contributed by atoms with Crippen molar-refractivity contribution in [3.8, 4) is 0 Å². The molecular formula is C27H33ClN4O2. The number of anilines is 1. The molecule has 3 aromatic rings. The standard InChI is InChI=1S/C27H33ClN4O2/c1-5-18(3)32(19(4)6-2)26(34)17-31-24-13-8-7-12-23(24)29-27(31)20-14-25(33)30(16-20)22-11-9-10-21(28)15-22/h7-13,15,18-20H,5-6,14,16-17H2,1-4H3. The minimum absolute atomic E-state index is 0.0398. The van der Waals surface area contributed by atoms with Crippen molar-refractivity contribution in [2.24, 2.45) is 0 Å². The normalized spacial score (nSPS) is 17.9. The highest BCUT2D eigenvalue weighted by Crippen LogP contribution is 2.34. The van der Waals surface area contributed by atoms with Crippen LogP contribution in [0.5, 0.6) is 0 Å². The molecule has 6 nitrogen and oxygen atoms in total. The minimum Gasteiger partial charge on any atom is -0.336 e. The number of fused-ring (bicyclic) bond motifs is 1. The number of halogens is 1. The Morgan fingerprint density at radius 2 is 1.82 bits per heavy atom. The molecule has 180 valence electrons. The van der Waals surface area contributed by atoms with Gasteiger partial charge in [0.25, 0.3) is 0 Å². The average molecular weight is 481 g/mol. The maximum atomic E-state index is 13.6. The molecule has 1 saturated heterocycles. The highest BCUT2D eigenvalue weighted by Gasteiger charge is 2.35. The molecule has 1 aliphatic rings. The van der Waals surface area contributed by atoms with E-state index >= 15 is 0 Å². The summed E-state index contributed by atoms with van der Waals surface area (Å²) in [5.74, 6) is 0.815. The van der Waals surface area contributed by atoms with Crippen LogP contribution in [-0.4, -0.2) is 44.9 Å². The Morgan fingerprint density at radius 3 is 2.50 bits per heavy atom. The van der Waals surface area contributed by atoms with Crippen LogP contribution in [0.4, 0.5) is 5.69 Å². The van der Waals surface area contributed by atoms with E-state index in [1.165, 1.54) is 0 Å². The summed E-state index contributed by atoms with van der Waals surface area (Å²) in [7, 11) is 0. The van der Waals surface area contributed by atoms with E-state index in [-0.39, 0.29) is 36.4 Å². The molecule has 2 amide bonds. The number of hydrogen-bond donors (Lipinski definition) is 0. The first-order valence-electron chi connectivity index (χ1n) is 12.2. The quantitative estimate of drug-likeness (QED) is 0.419. The van der Waals surface area contributed by atoms with Crippen LogP contribution in [0.3, 0.4) is 0 Å². The Morgan fingerprint density at radius 1 is 1.12 bits per heavy atom. The summed E-state index contributed by atoms with van der Waals surface area (Å²) in [4.78, 5) is 35.2. The SMILES string of the molecule is CCC(C)N(C(=O)Cn1c(C2CC(=O)N(c3cccc(Cl)c3)C2)nc2ccccc21)C(C)CC. The first-order chi connectivity index (χ1) is 16.3. The van der Waals surface area contributed by atoms with Gasteiger partial charge in [0.2, 0.25) is 11.8 Å². The van der Waals surface area contributed by atoms with Gasteiger partial charge in [-0.15, -0.1) is 0 Å². The zero-order chi connectivity index (χ0) is 24.4. The maximum absolute atomic E-state index is 13.6. The van der Waals surface area contributed by atoms with E-state index in [0.717, 1.165) is 35.4 Å². The number of aromatic nitrogens is 2. The molecule has 0 aliphatic carbocycles. The van der Waals surface area contributed by atoms with Crippen molar-refractivity contribution in [1.82, 2.24) is 14.5 Å². The lowest BCUT2D eigenvalue weighted by Crippen LogP contribution is -2.46. The molecule has 3 atom stereocenters. The lowest BCUT2D eigenvalue weighted by molar-refractivity contribution is -0.136. The van der Waals surface area contributed by atoms with Gasteiger partial charge in [-0.25, -0.2) is 4.98 Å². The van der Waals surface area contributed by atoms with Gasteiger partial charge in [-0.3, -0.25) is 9.59 Å². The van der Waals surface area contributed by atoms with E-state index in [1.807, 2.05) is 51.9 Å². The topological polar surface area (TPSA) is 58.4 Å². The Labute approximate surface area is 206 Å². The summed E-state index contributed by atoms with van der Waals surface area (Å²) in [6.45, 7) is 9.16. The van der Waals surface area contributed by atoms with E-state index in [4.69, 9.17) is 16.6 Å². The summed E-state index contributed by atoms with van der Waals surface area (Å²) in [6, 6.07) is 15.6. The molecule has 34 heavy (non-hydrogen) atoms. The summed E-state index contributed by atoms with van der Waals surface area (Å²) < 4.78 is 2.02. The number of rotatable bonds is 8. The number of carbonyl (C=O) groups excluding carboxylic acids is 2. The average Bonchev–Trinajstić information content (AvgIpc) is 3.39. The fourth-order valence-electron chi connectivity index (χ4n) is 4.88. The highest BCUT2D eigenvalue weighted by molar-refractivity contribution is 6.30. The van der Waals surface area contributed by atoms with Gasteiger partial charge in [0.1, 0.15) is 12.4 Å². The molecule has 7 heteroatoms. The molecule has 0 radical (unpaired) electrons. The number of nitrogens with zero attached hydrogens (tertiary/aromatic N) is 4. The van der Waals surface area contributed by atoms with Crippen molar-refractivity contribution >= 4 is 40.1 Å².